The van der Waals surface area contributed by atoms with E-state index in [1.54, 1.807) is 6.20 Å². The molecule has 2 rings (SSSR count). The Labute approximate surface area is 122 Å². The fraction of sp³-hybridized carbons (Fsp3) is 0.692. The molecule has 1 fully saturated rings. The van der Waals surface area contributed by atoms with Crippen LogP contribution in [0.5, 0.6) is 0 Å². The molecular formula is C13H21BrN4O. The van der Waals surface area contributed by atoms with Gasteiger partial charge in [0.1, 0.15) is 5.82 Å². The summed E-state index contributed by atoms with van der Waals surface area (Å²) in [5.74, 6) is 1.52. The van der Waals surface area contributed by atoms with E-state index in [1.807, 2.05) is 0 Å². The predicted octanol–water partition coefficient (Wildman–Crippen LogP) is 3.04. The summed E-state index contributed by atoms with van der Waals surface area (Å²) < 4.78 is 6.30. The lowest BCUT2D eigenvalue weighted by Crippen LogP contribution is -2.41. The lowest BCUT2D eigenvalue weighted by molar-refractivity contribution is 0.0657. The molecule has 1 aliphatic rings. The van der Waals surface area contributed by atoms with Crippen molar-refractivity contribution >= 4 is 27.7 Å². The van der Waals surface area contributed by atoms with Crippen molar-refractivity contribution in [2.45, 2.75) is 38.6 Å². The van der Waals surface area contributed by atoms with Crippen LogP contribution in [0.25, 0.3) is 0 Å². The highest BCUT2D eigenvalue weighted by Gasteiger charge is 2.28. The topological polar surface area (TPSA) is 59.1 Å². The molecule has 6 heteroatoms. The number of nitrogens with one attached hydrogen (secondary N) is 2. The van der Waals surface area contributed by atoms with E-state index >= 15 is 0 Å². The van der Waals surface area contributed by atoms with E-state index < -0.39 is 0 Å². The highest BCUT2D eigenvalue weighted by molar-refractivity contribution is 9.10. The van der Waals surface area contributed by atoms with E-state index in [4.69, 9.17) is 4.74 Å². The number of rotatable bonds is 5. The second kappa shape index (κ2) is 6.52. The summed E-state index contributed by atoms with van der Waals surface area (Å²) in [4.78, 5) is 8.79. The molecule has 1 saturated heterocycles. The van der Waals surface area contributed by atoms with Gasteiger partial charge in [0.25, 0.3) is 0 Å². The number of hydrogen-bond acceptors (Lipinski definition) is 5. The normalized spacial score (nSPS) is 18.1. The maximum absolute atomic E-state index is 5.41. The molecule has 106 valence electrons. The van der Waals surface area contributed by atoms with E-state index in [9.17, 15) is 0 Å². The Balaban J connectivity index is 2.09. The molecule has 2 N–H and O–H groups in total. The lowest BCUT2D eigenvalue weighted by Gasteiger charge is -2.35. The number of nitrogens with zero attached hydrogens (tertiary/aromatic N) is 2. The molecule has 0 saturated carbocycles. The number of hydrogen-bond donors (Lipinski definition) is 2. The molecule has 0 spiro atoms. The van der Waals surface area contributed by atoms with Gasteiger partial charge in [-0.3, -0.25) is 0 Å². The minimum Gasteiger partial charge on any atom is -0.381 e. The maximum atomic E-state index is 5.41. The number of ether oxygens (including phenoxy) is 1. The van der Waals surface area contributed by atoms with E-state index in [0.29, 0.717) is 5.95 Å². The predicted molar refractivity (Wildman–Crippen MR) is 80.6 cm³/mol. The van der Waals surface area contributed by atoms with Crippen LogP contribution in [0.1, 0.15) is 33.1 Å². The molecular weight excluding hydrogens is 308 g/mol. The Kier molecular flexibility index (Phi) is 4.99. The summed E-state index contributed by atoms with van der Waals surface area (Å²) in [6.45, 7) is 6.81. The van der Waals surface area contributed by atoms with Crippen LogP contribution in [-0.4, -0.2) is 35.3 Å². The van der Waals surface area contributed by atoms with Crippen LogP contribution in [0, 0.1) is 0 Å². The molecule has 19 heavy (non-hydrogen) atoms. The van der Waals surface area contributed by atoms with Gasteiger partial charge in [0.15, 0.2) is 0 Å². The van der Waals surface area contributed by atoms with Crippen molar-refractivity contribution in [2.24, 2.45) is 0 Å². The summed E-state index contributed by atoms with van der Waals surface area (Å²) >= 11 is 3.50. The molecule has 1 aromatic heterocycles. The van der Waals surface area contributed by atoms with Gasteiger partial charge in [-0.05, 0) is 42.1 Å². The highest BCUT2D eigenvalue weighted by Crippen LogP contribution is 2.28. The van der Waals surface area contributed by atoms with Gasteiger partial charge in [-0.2, -0.15) is 4.98 Å². The van der Waals surface area contributed by atoms with E-state index in [-0.39, 0.29) is 5.54 Å². The Morgan fingerprint density at radius 1 is 1.42 bits per heavy atom. The summed E-state index contributed by atoms with van der Waals surface area (Å²) in [7, 11) is 0. The van der Waals surface area contributed by atoms with Crippen LogP contribution < -0.4 is 10.6 Å². The Morgan fingerprint density at radius 2 is 2.16 bits per heavy atom. The smallest absolute Gasteiger partial charge is 0.224 e. The quantitative estimate of drug-likeness (QED) is 0.869. The molecule has 0 aromatic carbocycles. The third-order valence-corrected chi connectivity index (χ3v) is 3.87. The van der Waals surface area contributed by atoms with Crippen molar-refractivity contribution in [3.05, 3.63) is 10.7 Å². The number of aromatic nitrogens is 2. The first-order valence-electron chi connectivity index (χ1n) is 6.75. The second-order valence-electron chi connectivity index (χ2n) is 5.11. The van der Waals surface area contributed by atoms with Crippen LogP contribution >= 0.6 is 15.9 Å². The van der Waals surface area contributed by atoms with Crippen molar-refractivity contribution in [2.75, 3.05) is 30.4 Å². The zero-order chi connectivity index (χ0) is 13.7. The van der Waals surface area contributed by atoms with Crippen molar-refractivity contribution in [3.8, 4) is 0 Å². The van der Waals surface area contributed by atoms with Gasteiger partial charge in [-0.1, -0.05) is 6.92 Å². The van der Waals surface area contributed by atoms with Gasteiger partial charge >= 0.3 is 0 Å². The molecule has 0 radical (unpaired) electrons. The fourth-order valence-corrected chi connectivity index (χ4v) is 2.30. The third-order valence-electron chi connectivity index (χ3n) is 3.29. The molecule has 5 nitrogen and oxygen atoms in total. The van der Waals surface area contributed by atoms with Gasteiger partial charge < -0.3 is 15.4 Å². The van der Waals surface area contributed by atoms with E-state index in [0.717, 1.165) is 49.3 Å². The largest absolute Gasteiger partial charge is 0.381 e. The fourth-order valence-electron chi connectivity index (χ4n) is 2.01. The first-order valence-corrected chi connectivity index (χ1v) is 7.54. The minimum atomic E-state index is 0.0388. The summed E-state index contributed by atoms with van der Waals surface area (Å²) in [5.41, 5.74) is 0.0388. The lowest BCUT2D eigenvalue weighted by atomic mass is 9.92. The third kappa shape index (κ3) is 4.04. The molecule has 0 bridgehead atoms. The second-order valence-corrected chi connectivity index (χ2v) is 5.97. The van der Waals surface area contributed by atoms with Crippen LogP contribution in [0.3, 0.4) is 0 Å². The van der Waals surface area contributed by atoms with Crippen molar-refractivity contribution in [1.29, 1.82) is 0 Å². The first-order chi connectivity index (χ1) is 9.13. The van der Waals surface area contributed by atoms with Crippen molar-refractivity contribution in [3.63, 3.8) is 0 Å². The van der Waals surface area contributed by atoms with Gasteiger partial charge in [-0.25, -0.2) is 4.98 Å². The summed E-state index contributed by atoms with van der Waals surface area (Å²) in [6, 6.07) is 0. The molecule has 0 amide bonds. The van der Waals surface area contributed by atoms with Gasteiger partial charge in [0.2, 0.25) is 5.95 Å². The number of halogens is 1. The Morgan fingerprint density at radius 3 is 2.84 bits per heavy atom. The van der Waals surface area contributed by atoms with Crippen LogP contribution in [0.15, 0.2) is 10.7 Å². The van der Waals surface area contributed by atoms with E-state index in [2.05, 4.69) is 50.4 Å². The molecule has 0 atom stereocenters. The molecule has 2 heterocycles. The van der Waals surface area contributed by atoms with Crippen LogP contribution in [0.4, 0.5) is 11.8 Å². The van der Waals surface area contributed by atoms with Crippen LogP contribution in [0.2, 0.25) is 0 Å². The van der Waals surface area contributed by atoms with E-state index in [1.165, 1.54) is 0 Å². The van der Waals surface area contributed by atoms with Gasteiger partial charge in [0, 0.05) is 31.5 Å². The van der Waals surface area contributed by atoms with Crippen LogP contribution in [-0.2, 0) is 4.74 Å². The zero-order valence-corrected chi connectivity index (χ0v) is 13.1. The minimum absolute atomic E-state index is 0.0388. The maximum Gasteiger partial charge on any atom is 0.224 e. The molecule has 1 aromatic rings. The molecule has 0 unspecified atom stereocenters. The zero-order valence-electron chi connectivity index (χ0n) is 11.5. The average molecular weight is 329 g/mol. The summed E-state index contributed by atoms with van der Waals surface area (Å²) in [5, 5.41) is 6.73. The van der Waals surface area contributed by atoms with Gasteiger partial charge in [-0.15, -0.1) is 0 Å². The average Bonchev–Trinajstić information content (AvgIpc) is 2.40. The first kappa shape index (κ1) is 14.5. The van der Waals surface area contributed by atoms with Gasteiger partial charge in [0.05, 0.1) is 4.47 Å². The molecule has 1 aliphatic heterocycles. The SMILES string of the molecule is CCCNc1ncc(Br)c(NC2(C)CCOCC2)n1. The molecule has 0 aliphatic carbocycles. The Bertz CT molecular complexity index is 421. The highest BCUT2D eigenvalue weighted by atomic mass is 79.9. The van der Waals surface area contributed by atoms with Crippen molar-refractivity contribution in [1.82, 2.24) is 9.97 Å². The summed E-state index contributed by atoms with van der Waals surface area (Å²) in [6.07, 6.45) is 4.82. The number of anilines is 2. The standard InChI is InChI=1S/C13H21BrN4O/c1-3-6-15-12-16-9-10(14)11(17-12)18-13(2)4-7-19-8-5-13/h9H,3-8H2,1-2H3,(H2,15,16,17,18). The van der Waals surface area contributed by atoms with Crippen molar-refractivity contribution < 1.29 is 4.74 Å². The Hall–Kier alpha value is -0.880. The monoisotopic (exact) mass is 328 g/mol.